The molecule has 0 aromatic carbocycles. The van der Waals surface area contributed by atoms with E-state index in [2.05, 4.69) is 37.5 Å². The molecule has 1 fully saturated rings. The molecule has 3 heteroatoms. The Morgan fingerprint density at radius 3 is 2.60 bits per heavy atom. The lowest BCUT2D eigenvalue weighted by molar-refractivity contribution is 0.176. The normalized spacial score (nSPS) is 28.3. The minimum atomic E-state index is 0.468. The molecule has 0 spiro atoms. The van der Waals surface area contributed by atoms with Crippen molar-refractivity contribution in [3.8, 4) is 5.75 Å². The number of rotatable bonds is 6. The Balaban J connectivity index is 2.18. The van der Waals surface area contributed by atoms with Gasteiger partial charge in [-0.05, 0) is 61.4 Å². The summed E-state index contributed by atoms with van der Waals surface area (Å²) >= 11 is 1.84. The van der Waals surface area contributed by atoms with E-state index in [4.69, 9.17) is 4.74 Å². The molecule has 1 aromatic rings. The van der Waals surface area contributed by atoms with E-state index in [0.29, 0.717) is 6.04 Å². The van der Waals surface area contributed by atoms with Crippen LogP contribution < -0.4 is 10.1 Å². The molecule has 0 aliphatic heterocycles. The van der Waals surface area contributed by atoms with Crippen LogP contribution in [0.3, 0.4) is 0 Å². The predicted molar refractivity (Wildman–Crippen MR) is 87.6 cm³/mol. The standard InChI is InChI=1S/C17H29NOS/c1-5-7-18-16(17-15(19-4)6-8-20-17)14-10-12(2)9-13(3)11-14/h6,8,12-14,16,18H,5,7,9-11H2,1-4H3. The molecular formula is C17H29NOS. The van der Waals surface area contributed by atoms with E-state index < -0.39 is 0 Å². The van der Waals surface area contributed by atoms with Gasteiger partial charge in [-0.25, -0.2) is 0 Å². The SMILES string of the molecule is CCCNC(c1sccc1OC)C1CC(C)CC(C)C1. The van der Waals surface area contributed by atoms with Gasteiger partial charge in [-0.2, -0.15) is 0 Å². The Labute approximate surface area is 127 Å². The van der Waals surface area contributed by atoms with Gasteiger partial charge in [-0.15, -0.1) is 11.3 Å². The van der Waals surface area contributed by atoms with Crippen LogP contribution in [-0.2, 0) is 0 Å². The summed E-state index contributed by atoms with van der Waals surface area (Å²) in [6.07, 6.45) is 5.25. The zero-order valence-corrected chi connectivity index (χ0v) is 14.1. The van der Waals surface area contributed by atoms with E-state index in [-0.39, 0.29) is 0 Å². The Morgan fingerprint density at radius 2 is 2.00 bits per heavy atom. The van der Waals surface area contributed by atoms with Crippen molar-refractivity contribution in [1.29, 1.82) is 0 Å². The maximum Gasteiger partial charge on any atom is 0.134 e. The monoisotopic (exact) mass is 295 g/mol. The van der Waals surface area contributed by atoms with E-state index in [0.717, 1.165) is 30.0 Å². The van der Waals surface area contributed by atoms with E-state index in [1.54, 1.807) is 7.11 Å². The average molecular weight is 295 g/mol. The molecule has 20 heavy (non-hydrogen) atoms. The molecule has 1 N–H and O–H groups in total. The minimum Gasteiger partial charge on any atom is -0.496 e. The van der Waals surface area contributed by atoms with E-state index in [1.807, 2.05) is 11.3 Å². The van der Waals surface area contributed by atoms with Gasteiger partial charge in [-0.3, -0.25) is 0 Å². The highest BCUT2D eigenvalue weighted by Gasteiger charge is 2.32. The second kappa shape index (κ2) is 7.46. The van der Waals surface area contributed by atoms with E-state index in [1.165, 1.54) is 30.6 Å². The van der Waals surface area contributed by atoms with Gasteiger partial charge in [0.15, 0.2) is 0 Å². The Hall–Kier alpha value is -0.540. The van der Waals surface area contributed by atoms with Crippen molar-refractivity contribution in [3.63, 3.8) is 0 Å². The summed E-state index contributed by atoms with van der Waals surface area (Å²) in [4.78, 5) is 1.40. The molecule has 1 heterocycles. The third-order valence-corrected chi connectivity index (χ3v) is 5.44. The third kappa shape index (κ3) is 3.76. The first-order valence-corrected chi connectivity index (χ1v) is 8.88. The van der Waals surface area contributed by atoms with Gasteiger partial charge < -0.3 is 10.1 Å². The number of methoxy groups -OCH3 is 1. The summed E-state index contributed by atoms with van der Waals surface area (Å²) in [6.45, 7) is 8.14. The first-order chi connectivity index (χ1) is 9.65. The Kier molecular flexibility index (Phi) is 5.91. The molecule has 114 valence electrons. The maximum atomic E-state index is 5.56. The highest BCUT2D eigenvalue weighted by Crippen LogP contribution is 2.43. The van der Waals surface area contributed by atoms with Crippen molar-refractivity contribution in [2.45, 2.75) is 52.5 Å². The molecule has 0 saturated heterocycles. The second-order valence-electron chi connectivity index (χ2n) is 6.46. The molecule has 0 bridgehead atoms. The molecule has 3 unspecified atom stereocenters. The third-order valence-electron chi connectivity index (χ3n) is 4.46. The van der Waals surface area contributed by atoms with Gasteiger partial charge >= 0.3 is 0 Å². The van der Waals surface area contributed by atoms with Crippen LogP contribution in [0.1, 0.15) is 57.4 Å². The van der Waals surface area contributed by atoms with Gasteiger partial charge in [0.2, 0.25) is 0 Å². The predicted octanol–water partition coefficient (Wildman–Crippen LogP) is 4.87. The Bertz CT molecular complexity index is 393. The number of nitrogens with one attached hydrogen (secondary N) is 1. The molecule has 2 nitrogen and oxygen atoms in total. The van der Waals surface area contributed by atoms with Crippen molar-refractivity contribution in [2.75, 3.05) is 13.7 Å². The quantitative estimate of drug-likeness (QED) is 0.808. The van der Waals surface area contributed by atoms with Gasteiger partial charge in [0.05, 0.1) is 12.0 Å². The van der Waals surface area contributed by atoms with Crippen molar-refractivity contribution in [3.05, 3.63) is 16.3 Å². The fourth-order valence-corrected chi connectivity index (χ4v) is 4.79. The van der Waals surface area contributed by atoms with Crippen LogP contribution in [0.2, 0.25) is 0 Å². The molecule has 1 saturated carbocycles. The Morgan fingerprint density at radius 1 is 1.30 bits per heavy atom. The molecule has 3 atom stereocenters. The van der Waals surface area contributed by atoms with Crippen LogP contribution >= 0.6 is 11.3 Å². The van der Waals surface area contributed by atoms with Crippen LogP contribution in [0.5, 0.6) is 5.75 Å². The molecule has 2 rings (SSSR count). The minimum absolute atomic E-state index is 0.468. The lowest BCUT2D eigenvalue weighted by atomic mass is 9.73. The fourth-order valence-electron chi connectivity index (χ4n) is 3.76. The lowest BCUT2D eigenvalue weighted by Gasteiger charge is -2.37. The molecular weight excluding hydrogens is 266 g/mol. The largest absolute Gasteiger partial charge is 0.496 e. The van der Waals surface area contributed by atoms with Crippen LogP contribution in [0.25, 0.3) is 0 Å². The van der Waals surface area contributed by atoms with Crippen LogP contribution in [-0.4, -0.2) is 13.7 Å². The highest BCUT2D eigenvalue weighted by atomic mass is 32.1. The van der Waals surface area contributed by atoms with E-state index in [9.17, 15) is 0 Å². The van der Waals surface area contributed by atoms with Crippen molar-refractivity contribution in [2.24, 2.45) is 17.8 Å². The van der Waals surface area contributed by atoms with Crippen molar-refractivity contribution < 1.29 is 4.74 Å². The lowest BCUT2D eigenvalue weighted by Crippen LogP contribution is -2.33. The maximum absolute atomic E-state index is 5.56. The summed E-state index contributed by atoms with van der Waals surface area (Å²) in [5.41, 5.74) is 0. The highest BCUT2D eigenvalue weighted by molar-refractivity contribution is 7.10. The fraction of sp³-hybridized carbons (Fsp3) is 0.765. The van der Waals surface area contributed by atoms with Crippen LogP contribution in [0.4, 0.5) is 0 Å². The van der Waals surface area contributed by atoms with E-state index >= 15 is 0 Å². The number of hydrogen-bond donors (Lipinski definition) is 1. The smallest absolute Gasteiger partial charge is 0.134 e. The molecule has 0 amide bonds. The van der Waals surface area contributed by atoms with Gasteiger partial charge in [-0.1, -0.05) is 20.8 Å². The summed E-state index contributed by atoms with van der Waals surface area (Å²) < 4.78 is 5.56. The topological polar surface area (TPSA) is 21.3 Å². The van der Waals surface area contributed by atoms with Crippen molar-refractivity contribution >= 4 is 11.3 Å². The van der Waals surface area contributed by atoms with Gasteiger partial charge in [0.1, 0.15) is 5.75 Å². The zero-order chi connectivity index (χ0) is 14.5. The van der Waals surface area contributed by atoms with Gasteiger partial charge in [0, 0.05) is 6.04 Å². The number of thiophene rings is 1. The molecule has 0 radical (unpaired) electrons. The first kappa shape index (κ1) is 15.8. The first-order valence-electron chi connectivity index (χ1n) is 8.00. The molecule has 1 aliphatic carbocycles. The number of hydrogen-bond acceptors (Lipinski definition) is 3. The van der Waals surface area contributed by atoms with Gasteiger partial charge in [0.25, 0.3) is 0 Å². The van der Waals surface area contributed by atoms with Crippen LogP contribution in [0, 0.1) is 17.8 Å². The number of ether oxygens (including phenoxy) is 1. The average Bonchev–Trinajstić information content (AvgIpc) is 2.86. The summed E-state index contributed by atoms with van der Waals surface area (Å²) in [7, 11) is 1.79. The molecule has 1 aromatic heterocycles. The van der Waals surface area contributed by atoms with Crippen molar-refractivity contribution in [1.82, 2.24) is 5.32 Å². The second-order valence-corrected chi connectivity index (χ2v) is 7.41. The summed E-state index contributed by atoms with van der Waals surface area (Å²) in [5, 5.41) is 5.94. The summed E-state index contributed by atoms with van der Waals surface area (Å²) in [6, 6.07) is 2.58. The summed E-state index contributed by atoms with van der Waals surface area (Å²) in [5.74, 6) is 3.50. The zero-order valence-electron chi connectivity index (χ0n) is 13.3. The van der Waals surface area contributed by atoms with Crippen LogP contribution in [0.15, 0.2) is 11.4 Å². The molecule has 1 aliphatic rings.